The fourth-order valence-corrected chi connectivity index (χ4v) is 9.09. The lowest BCUT2D eigenvalue weighted by molar-refractivity contribution is -0.401. The number of hydrogen-bond acceptors (Lipinski definition) is 2. The molecule has 0 aromatic heterocycles. The third-order valence-electron chi connectivity index (χ3n) is 10.4. The molecule has 2 heterocycles. The van der Waals surface area contributed by atoms with Crippen LogP contribution in [0.3, 0.4) is 0 Å². The van der Waals surface area contributed by atoms with E-state index < -0.39 is 0 Å². The second-order valence-electron chi connectivity index (χ2n) is 13.6. The predicted molar refractivity (Wildman–Crippen MR) is 193 cm³/mol. The fourth-order valence-electron chi connectivity index (χ4n) is 8.23. The quantitative estimate of drug-likeness (QED) is 0.217. The van der Waals surface area contributed by atoms with Gasteiger partial charge >= 0.3 is 0 Å². The molecular formula is C41H43N2S+. The zero-order valence-electron chi connectivity index (χ0n) is 27.2. The summed E-state index contributed by atoms with van der Waals surface area (Å²) in [6, 6.07) is 26.7. The Hall–Kier alpha value is -3.82. The van der Waals surface area contributed by atoms with Crippen molar-refractivity contribution in [1.29, 1.82) is 0 Å². The highest BCUT2D eigenvalue weighted by Crippen LogP contribution is 2.50. The summed E-state index contributed by atoms with van der Waals surface area (Å²) in [4.78, 5) is 3.84. The Morgan fingerprint density at radius 2 is 1.41 bits per heavy atom. The minimum absolute atomic E-state index is 0.0723. The molecule has 0 amide bonds. The van der Waals surface area contributed by atoms with Crippen LogP contribution < -0.4 is 4.90 Å². The number of anilines is 1. The Kier molecular flexibility index (Phi) is 7.01. The van der Waals surface area contributed by atoms with Gasteiger partial charge in [0.1, 0.15) is 7.05 Å². The summed E-state index contributed by atoms with van der Waals surface area (Å²) >= 11 is 1.90. The number of rotatable bonds is 4. The summed E-state index contributed by atoms with van der Waals surface area (Å²) < 4.78 is 2.40. The lowest BCUT2D eigenvalue weighted by Gasteiger charge is -2.25. The number of benzene rings is 4. The summed E-state index contributed by atoms with van der Waals surface area (Å²) in [6.45, 7) is 9.52. The topological polar surface area (TPSA) is 6.25 Å². The Morgan fingerprint density at radius 3 is 2.11 bits per heavy atom. The fraction of sp³-hybridized carbons (Fsp3) is 0.293. The summed E-state index contributed by atoms with van der Waals surface area (Å²) in [5.74, 6) is 0. The standard InChI is InChI=1S/C41H43N2S/c1-40(2)35(42(5)33-23-19-27-13-8-10-17-31(27)37(33)40)25-21-29-15-12-16-30(39(29)44-7)22-26-36-41(3,4)38-32-18-11-9-14-28(32)20-24-34(38)43(36)6/h8-11,13-14,17-26H,12,15-16H2,1-7H3/q+1. The van der Waals surface area contributed by atoms with E-state index in [1.807, 2.05) is 11.8 Å². The molecule has 0 spiro atoms. The molecule has 0 fully saturated rings. The van der Waals surface area contributed by atoms with Crippen LogP contribution in [0.1, 0.15) is 58.1 Å². The number of thioether (sulfide) groups is 1. The average molecular weight is 596 g/mol. The van der Waals surface area contributed by atoms with Crippen molar-refractivity contribution < 1.29 is 4.58 Å². The molecule has 3 aliphatic rings. The highest BCUT2D eigenvalue weighted by molar-refractivity contribution is 8.02. The third-order valence-corrected chi connectivity index (χ3v) is 11.3. The van der Waals surface area contributed by atoms with Gasteiger partial charge in [-0.05, 0) is 95.8 Å². The van der Waals surface area contributed by atoms with Crippen molar-refractivity contribution in [3.8, 4) is 0 Å². The Bertz CT molecular complexity index is 2000. The van der Waals surface area contributed by atoms with Gasteiger partial charge in [0.15, 0.2) is 5.71 Å². The monoisotopic (exact) mass is 595 g/mol. The minimum atomic E-state index is -0.0723. The summed E-state index contributed by atoms with van der Waals surface area (Å²) in [5, 5.41) is 5.35. The van der Waals surface area contributed by atoms with Gasteiger partial charge in [-0.1, -0.05) is 80.6 Å². The van der Waals surface area contributed by atoms with Crippen molar-refractivity contribution in [2.45, 2.75) is 57.8 Å². The molecule has 4 aromatic rings. The first-order valence-corrected chi connectivity index (χ1v) is 17.1. The van der Waals surface area contributed by atoms with Crippen LogP contribution >= 0.6 is 11.8 Å². The summed E-state index contributed by atoms with van der Waals surface area (Å²) in [7, 11) is 4.46. The van der Waals surface area contributed by atoms with E-state index in [0.717, 1.165) is 12.8 Å². The molecule has 2 nitrogen and oxygen atoms in total. The first kappa shape index (κ1) is 28.9. The molecular weight excluding hydrogens is 553 g/mol. The molecule has 0 atom stereocenters. The molecule has 0 saturated carbocycles. The molecule has 2 aliphatic heterocycles. The Labute approximate surface area is 267 Å². The van der Waals surface area contributed by atoms with Crippen molar-refractivity contribution in [3.05, 3.63) is 130 Å². The molecule has 0 radical (unpaired) electrons. The first-order valence-electron chi connectivity index (χ1n) is 15.9. The minimum Gasteiger partial charge on any atom is -0.347 e. The molecule has 0 N–H and O–H groups in total. The van der Waals surface area contributed by atoms with Crippen LogP contribution in [0.4, 0.5) is 11.4 Å². The van der Waals surface area contributed by atoms with Gasteiger partial charge in [0.25, 0.3) is 0 Å². The maximum absolute atomic E-state index is 2.42. The van der Waals surface area contributed by atoms with Crippen molar-refractivity contribution in [2.24, 2.45) is 0 Å². The average Bonchev–Trinajstić information content (AvgIpc) is 3.35. The van der Waals surface area contributed by atoms with E-state index >= 15 is 0 Å². The molecule has 0 bridgehead atoms. The van der Waals surface area contributed by atoms with Crippen molar-refractivity contribution in [2.75, 3.05) is 25.3 Å². The van der Waals surface area contributed by atoms with Crippen molar-refractivity contribution in [3.63, 3.8) is 0 Å². The Balaban J connectivity index is 1.24. The number of fused-ring (bicyclic) bond motifs is 6. The van der Waals surface area contributed by atoms with E-state index in [0.29, 0.717) is 0 Å². The van der Waals surface area contributed by atoms with Crippen LogP contribution in [0.2, 0.25) is 0 Å². The van der Waals surface area contributed by atoms with Gasteiger partial charge in [-0.2, -0.15) is 4.58 Å². The van der Waals surface area contributed by atoms with Gasteiger partial charge in [0.2, 0.25) is 5.69 Å². The van der Waals surface area contributed by atoms with Crippen molar-refractivity contribution in [1.82, 2.24) is 0 Å². The maximum Gasteiger partial charge on any atom is 0.210 e. The highest BCUT2D eigenvalue weighted by atomic mass is 32.2. The molecule has 0 unspecified atom stereocenters. The zero-order chi connectivity index (χ0) is 30.8. The molecule has 222 valence electrons. The van der Waals surface area contributed by atoms with Crippen LogP contribution in [0, 0.1) is 0 Å². The molecule has 1 aliphatic carbocycles. The number of likely N-dealkylation sites (N-methyl/N-ethyl adjacent to an activating group) is 1. The maximum atomic E-state index is 2.42. The molecule has 3 heteroatoms. The second kappa shape index (κ2) is 10.7. The van der Waals surface area contributed by atoms with Gasteiger partial charge in [-0.15, -0.1) is 11.8 Å². The van der Waals surface area contributed by atoms with Gasteiger partial charge in [0, 0.05) is 46.5 Å². The number of hydrogen-bond donors (Lipinski definition) is 0. The van der Waals surface area contributed by atoms with Gasteiger partial charge < -0.3 is 4.90 Å². The number of allylic oxidation sites excluding steroid dienone is 7. The van der Waals surface area contributed by atoms with E-state index in [1.165, 1.54) is 77.9 Å². The smallest absolute Gasteiger partial charge is 0.210 e. The van der Waals surface area contributed by atoms with Crippen LogP contribution in [-0.4, -0.2) is 30.6 Å². The lowest BCUT2D eigenvalue weighted by atomic mass is 9.78. The lowest BCUT2D eigenvalue weighted by Crippen LogP contribution is -2.27. The van der Waals surface area contributed by atoms with Crippen LogP contribution in [0.25, 0.3) is 21.5 Å². The van der Waals surface area contributed by atoms with E-state index in [4.69, 9.17) is 0 Å². The van der Waals surface area contributed by atoms with Crippen LogP contribution in [-0.2, 0) is 10.8 Å². The van der Waals surface area contributed by atoms with Crippen LogP contribution in [0.15, 0.2) is 119 Å². The van der Waals surface area contributed by atoms with Gasteiger partial charge in [0.05, 0.1) is 5.41 Å². The number of nitrogens with zero attached hydrogens (tertiary/aromatic N) is 2. The largest absolute Gasteiger partial charge is 0.347 e. The molecule has 44 heavy (non-hydrogen) atoms. The van der Waals surface area contributed by atoms with E-state index in [1.54, 1.807) is 0 Å². The van der Waals surface area contributed by atoms with E-state index in [-0.39, 0.29) is 10.8 Å². The Morgan fingerprint density at radius 1 is 0.750 bits per heavy atom. The molecule has 0 saturated heterocycles. The molecule has 4 aromatic carbocycles. The summed E-state index contributed by atoms with van der Waals surface area (Å²) in [6.07, 6.45) is 15.3. The molecule has 7 rings (SSSR count). The van der Waals surface area contributed by atoms with Gasteiger partial charge in [-0.25, -0.2) is 0 Å². The van der Waals surface area contributed by atoms with E-state index in [9.17, 15) is 0 Å². The summed E-state index contributed by atoms with van der Waals surface area (Å²) in [5.41, 5.74) is 11.0. The normalized spacial score (nSPS) is 21.0. The van der Waals surface area contributed by atoms with Crippen LogP contribution in [0.5, 0.6) is 0 Å². The van der Waals surface area contributed by atoms with Crippen molar-refractivity contribution >= 4 is 50.4 Å². The highest BCUT2D eigenvalue weighted by Gasteiger charge is 2.44. The van der Waals surface area contributed by atoms with E-state index in [2.05, 4.69) is 155 Å². The SMILES string of the molecule is CSC1=C(/C=C/C2=[N+](C)c3ccc4ccccc4c3C2(C)C)CCC/C1=C\C=C1\N(C)c2ccc3ccccc3c2C1(C)C. The van der Waals surface area contributed by atoms with Gasteiger partial charge in [-0.3, -0.25) is 0 Å². The predicted octanol–water partition coefficient (Wildman–Crippen LogP) is 10.6. The third kappa shape index (κ3) is 4.35. The second-order valence-corrected chi connectivity index (χ2v) is 14.4. The zero-order valence-corrected chi connectivity index (χ0v) is 28.0. The first-order chi connectivity index (χ1) is 21.1.